The van der Waals surface area contributed by atoms with Crippen LogP contribution < -0.4 is 5.32 Å². The van der Waals surface area contributed by atoms with E-state index in [0.717, 1.165) is 31.9 Å². The molecule has 96 valence electrons. The Morgan fingerprint density at radius 2 is 2.41 bits per heavy atom. The van der Waals surface area contributed by atoms with Gasteiger partial charge in [-0.15, -0.1) is 0 Å². The highest BCUT2D eigenvalue weighted by atomic mass is 16.5. The molecule has 3 unspecified atom stereocenters. The molecule has 0 spiro atoms. The van der Waals surface area contributed by atoms with Gasteiger partial charge in [-0.3, -0.25) is 0 Å². The Morgan fingerprint density at radius 3 is 3.00 bits per heavy atom. The average Bonchev–Trinajstić information content (AvgIpc) is 2.94. The molecule has 1 aliphatic rings. The maximum Gasteiger partial charge on any atom is 0.146 e. The van der Waals surface area contributed by atoms with Gasteiger partial charge in [0.25, 0.3) is 0 Å². The SMILES string of the molecule is CCNC(c1ncnn1CC)C1OCCC1C. The molecule has 1 N–H and O–H groups in total. The number of nitrogens with zero attached hydrogens (tertiary/aromatic N) is 3. The summed E-state index contributed by atoms with van der Waals surface area (Å²) in [4.78, 5) is 4.39. The second-order valence-corrected chi connectivity index (χ2v) is 4.57. The zero-order valence-electron chi connectivity index (χ0n) is 10.9. The third kappa shape index (κ3) is 2.50. The number of rotatable bonds is 5. The van der Waals surface area contributed by atoms with Crippen LogP contribution in [-0.4, -0.2) is 34.0 Å². The minimum atomic E-state index is 0.153. The molecular formula is C12H22N4O. The largest absolute Gasteiger partial charge is 0.376 e. The number of aromatic nitrogens is 3. The molecule has 0 aliphatic carbocycles. The molecule has 1 aliphatic heterocycles. The number of ether oxygens (including phenoxy) is 1. The fourth-order valence-electron chi connectivity index (χ4n) is 2.48. The summed E-state index contributed by atoms with van der Waals surface area (Å²) in [6, 6.07) is 0.153. The van der Waals surface area contributed by atoms with E-state index >= 15 is 0 Å². The van der Waals surface area contributed by atoms with Crippen molar-refractivity contribution >= 4 is 0 Å². The van der Waals surface area contributed by atoms with Crippen molar-refractivity contribution in [2.75, 3.05) is 13.2 Å². The minimum absolute atomic E-state index is 0.153. The summed E-state index contributed by atoms with van der Waals surface area (Å²) in [7, 11) is 0. The predicted octanol–water partition coefficient (Wildman–Crippen LogP) is 1.37. The Balaban J connectivity index is 2.22. The molecule has 5 heteroatoms. The van der Waals surface area contributed by atoms with E-state index in [1.807, 2.05) is 4.68 Å². The highest BCUT2D eigenvalue weighted by Crippen LogP contribution is 2.30. The van der Waals surface area contributed by atoms with Gasteiger partial charge in [-0.25, -0.2) is 9.67 Å². The summed E-state index contributed by atoms with van der Waals surface area (Å²) in [5.41, 5.74) is 0. The lowest BCUT2D eigenvalue weighted by atomic mass is 9.97. The number of hydrogen-bond donors (Lipinski definition) is 1. The van der Waals surface area contributed by atoms with Crippen LogP contribution in [0.4, 0.5) is 0 Å². The number of nitrogens with one attached hydrogen (secondary N) is 1. The zero-order valence-corrected chi connectivity index (χ0v) is 10.9. The van der Waals surface area contributed by atoms with Crippen LogP contribution in [0.15, 0.2) is 6.33 Å². The second kappa shape index (κ2) is 5.60. The topological polar surface area (TPSA) is 52.0 Å². The van der Waals surface area contributed by atoms with Crippen LogP contribution in [0, 0.1) is 5.92 Å². The number of hydrogen-bond acceptors (Lipinski definition) is 4. The Kier molecular flexibility index (Phi) is 4.12. The Hall–Kier alpha value is -0.940. The van der Waals surface area contributed by atoms with Crippen LogP contribution in [0.1, 0.15) is 39.1 Å². The van der Waals surface area contributed by atoms with E-state index in [-0.39, 0.29) is 12.1 Å². The van der Waals surface area contributed by atoms with Crippen molar-refractivity contribution in [1.82, 2.24) is 20.1 Å². The molecular weight excluding hydrogens is 216 g/mol. The van der Waals surface area contributed by atoms with E-state index in [2.05, 4.69) is 36.2 Å². The Morgan fingerprint density at radius 1 is 1.59 bits per heavy atom. The van der Waals surface area contributed by atoms with Gasteiger partial charge in [0.05, 0.1) is 12.1 Å². The molecule has 2 heterocycles. The lowest BCUT2D eigenvalue weighted by Crippen LogP contribution is -2.36. The molecule has 0 aromatic carbocycles. The quantitative estimate of drug-likeness (QED) is 0.842. The Labute approximate surface area is 103 Å². The summed E-state index contributed by atoms with van der Waals surface area (Å²) < 4.78 is 7.81. The Bertz CT molecular complexity index is 352. The molecule has 1 fully saturated rings. The van der Waals surface area contributed by atoms with Crippen molar-refractivity contribution < 1.29 is 4.74 Å². The van der Waals surface area contributed by atoms with Crippen molar-refractivity contribution in [2.24, 2.45) is 5.92 Å². The van der Waals surface area contributed by atoms with Crippen molar-refractivity contribution in [3.63, 3.8) is 0 Å². The fraction of sp³-hybridized carbons (Fsp3) is 0.833. The van der Waals surface area contributed by atoms with Crippen LogP contribution >= 0.6 is 0 Å². The molecule has 0 bridgehead atoms. The molecule has 2 rings (SSSR count). The molecule has 1 aromatic rings. The standard InChI is InChI=1S/C12H22N4O/c1-4-13-10(11-9(3)6-7-17-11)12-14-8-15-16(12)5-2/h8-11,13H,4-7H2,1-3H3. The van der Waals surface area contributed by atoms with Gasteiger partial charge < -0.3 is 10.1 Å². The average molecular weight is 238 g/mol. The molecule has 1 saturated heterocycles. The van der Waals surface area contributed by atoms with Gasteiger partial charge >= 0.3 is 0 Å². The van der Waals surface area contributed by atoms with Crippen molar-refractivity contribution in [3.8, 4) is 0 Å². The second-order valence-electron chi connectivity index (χ2n) is 4.57. The first-order chi connectivity index (χ1) is 8.27. The van der Waals surface area contributed by atoms with Crippen LogP contribution in [0.3, 0.4) is 0 Å². The first-order valence-corrected chi connectivity index (χ1v) is 6.50. The van der Waals surface area contributed by atoms with Crippen molar-refractivity contribution in [2.45, 2.75) is 45.9 Å². The monoisotopic (exact) mass is 238 g/mol. The first kappa shape index (κ1) is 12.5. The molecule has 1 aromatic heterocycles. The van der Waals surface area contributed by atoms with Crippen molar-refractivity contribution in [1.29, 1.82) is 0 Å². The minimum Gasteiger partial charge on any atom is -0.376 e. The van der Waals surface area contributed by atoms with Gasteiger partial charge in [0, 0.05) is 13.2 Å². The summed E-state index contributed by atoms with van der Waals surface area (Å²) in [6.07, 6.45) is 2.97. The normalized spacial score (nSPS) is 26.3. The van der Waals surface area contributed by atoms with E-state index < -0.39 is 0 Å². The van der Waals surface area contributed by atoms with Crippen LogP contribution in [-0.2, 0) is 11.3 Å². The molecule has 0 saturated carbocycles. The third-order valence-corrected chi connectivity index (χ3v) is 3.42. The van der Waals surface area contributed by atoms with E-state index in [0.29, 0.717) is 5.92 Å². The molecule has 3 atom stereocenters. The fourth-order valence-corrected chi connectivity index (χ4v) is 2.48. The van der Waals surface area contributed by atoms with Crippen LogP contribution in [0.5, 0.6) is 0 Å². The third-order valence-electron chi connectivity index (χ3n) is 3.42. The van der Waals surface area contributed by atoms with E-state index in [9.17, 15) is 0 Å². The zero-order chi connectivity index (χ0) is 12.3. The van der Waals surface area contributed by atoms with Crippen LogP contribution in [0.25, 0.3) is 0 Å². The highest BCUT2D eigenvalue weighted by Gasteiger charge is 2.35. The van der Waals surface area contributed by atoms with Gasteiger partial charge in [-0.1, -0.05) is 13.8 Å². The van der Waals surface area contributed by atoms with Crippen LogP contribution in [0.2, 0.25) is 0 Å². The maximum absolute atomic E-state index is 5.86. The number of aryl methyl sites for hydroxylation is 1. The van der Waals surface area contributed by atoms with E-state index in [4.69, 9.17) is 4.74 Å². The predicted molar refractivity (Wildman–Crippen MR) is 65.6 cm³/mol. The lowest BCUT2D eigenvalue weighted by Gasteiger charge is -2.26. The molecule has 0 radical (unpaired) electrons. The molecule has 0 amide bonds. The maximum atomic E-state index is 5.86. The van der Waals surface area contributed by atoms with Gasteiger partial charge in [0.1, 0.15) is 12.2 Å². The van der Waals surface area contributed by atoms with Gasteiger partial charge in [-0.2, -0.15) is 5.10 Å². The van der Waals surface area contributed by atoms with Gasteiger partial charge in [-0.05, 0) is 25.8 Å². The lowest BCUT2D eigenvalue weighted by molar-refractivity contribution is 0.0571. The van der Waals surface area contributed by atoms with E-state index in [1.54, 1.807) is 6.33 Å². The van der Waals surface area contributed by atoms with E-state index in [1.165, 1.54) is 0 Å². The smallest absolute Gasteiger partial charge is 0.146 e. The van der Waals surface area contributed by atoms with Gasteiger partial charge in [0.15, 0.2) is 0 Å². The number of likely N-dealkylation sites (N-methyl/N-ethyl adjacent to an activating group) is 1. The van der Waals surface area contributed by atoms with Gasteiger partial charge in [0.2, 0.25) is 0 Å². The summed E-state index contributed by atoms with van der Waals surface area (Å²) in [6.45, 7) is 9.05. The highest BCUT2D eigenvalue weighted by molar-refractivity contribution is 5.01. The summed E-state index contributed by atoms with van der Waals surface area (Å²) in [5, 5.41) is 7.73. The van der Waals surface area contributed by atoms with Crippen molar-refractivity contribution in [3.05, 3.63) is 12.2 Å². The summed E-state index contributed by atoms with van der Waals surface area (Å²) >= 11 is 0. The summed E-state index contributed by atoms with van der Waals surface area (Å²) in [5.74, 6) is 1.56. The molecule has 5 nitrogen and oxygen atoms in total. The molecule has 17 heavy (non-hydrogen) atoms. The first-order valence-electron chi connectivity index (χ1n) is 6.50.